The van der Waals surface area contributed by atoms with E-state index in [4.69, 9.17) is 0 Å². The van der Waals surface area contributed by atoms with Crippen LogP contribution in [0.1, 0.15) is 68.3 Å². The van der Waals surface area contributed by atoms with Crippen molar-refractivity contribution < 1.29 is 9.90 Å². The van der Waals surface area contributed by atoms with E-state index in [1.165, 1.54) is 19.3 Å². The average molecular weight is 248 g/mol. The van der Waals surface area contributed by atoms with E-state index in [0.29, 0.717) is 12.0 Å². The lowest BCUT2D eigenvalue weighted by Crippen LogP contribution is -2.00. The summed E-state index contributed by atoms with van der Waals surface area (Å²) < 4.78 is 0. The first-order chi connectivity index (χ1) is 8.69. The minimum Gasteiger partial charge on any atom is -0.507 e. The Morgan fingerprint density at radius 3 is 2.50 bits per heavy atom. The number of benzene rings is 1. The van der Waals surface area contributed by atoms with Gasteiger partial charge in [-0.05, 0) is 30.5 Å². The third-order valence-corrected chi connectivity index (χ3v) is 3.28. The summed E-state index contributed by atoms with van der Waals surface area (Å²) in [5.41, 5.74) is 1.59. The maximum absolute atomic E-state index is 12.0. The molecule has 1 aromatic carbocycles. The zero-order valence-corrected chi connectivity index (χ0v) is 11.5. The number of phenolic OH excluding ortho intramolecular Hbond substituents is 1. The number of Topliss-reactive ketones (excluding diaryl/α,β-unsaturated/α-hetero) is 1. The lowest BCUT2D eigenvalue weighted by atomic mass is 10.0. The Kier molecular flexibility index (Phi) is 6.48. The number of rotatable bonds is 8. The van der Waals surface area contributed by atoms with Gasteiger partial charge in [0.2, 0.25) is 0 Å². The Balaban J connectivity index is 2.50. The third kappa shape index (κ3) is 4.52. The highest BCUT2D eigenvalue weighted by atomic mass is 16.3. The van der Waals surface area contributed by atoms with Crippen LogP contribution < -0.4 is 0 Å². The van der Waals surface area contributed by atoms with Gasteiger partial charge in [-0.15, -0.1) is 0 Å². The average Bonchev–Trinajstić information content (AvgIpc) is 2.39. The molecule has 0 aliphatic carbocycles. The summed E-state index contributed by atoms with van der Waals surface area (Å²) in [4.78, 5) is 12.0. The first kappa shape index (κ1) is 14.7. The third-order valence-electron chi connectivity index (χ3n) is 3.28. The Labute approximate surface area is 110 Å². The zero-order chi connectivity index (χ0) is 13.4. The molecule has 18 heavy (non-hydrogen) atoms. The number of ketones is 1. The van der Waals surface area contributed by atoms with Crippen molar-refractivity contribution >= 4 is 5.78 Å². The van der Waals surface area contributed by atoms with Gasteiger partial charge in [-0.25, -0.2) is 0 Å². The summed E-state index contributed by atoms with van der Waals surface area (Å²) in [6.07, 6.45) is 7.12. The van der Waals surface area contributed by atoms with E-state index in [9.17, 15) is 9.90 Å². The highest BCUT2D eigenvalue weighted by Crippen LogP contribution is 2.21. The van der Waals surface area contributed by atoms with Crippen LogP contribution in [0.3, 0.4) is 0 Å². The topological polar surface area (TPSA) is 37.3 Å². The largest absolute Gasteiger partial charge is 0.507 e. The SMILES string of the molecule is CCCCCCCC(=O)c1cc(CC)ccc1O. The predicted molar refractivity (Wildman–Crippen MR) is 75.2 cm³/mol. The molecule has 0 bridgehead atoms. The Bertz CT molecular complexity index is 383. The monoisotopic (exact) mass is 248 g/mol. The van der Waals surface area contributed by atoms with Crippen molar-refractivity contribution in [3.63, 3.8) is 0 Å². The minimum absolute atomic E-state index is 0.0688. The van der Waals surface area contributed by atoms with Crippen LogP contribution in [0.5, 0.6) is 5.75 Å². The fourth-order valence-electron chi connectivity index (χ4n) is 2.05. The van der Waals surface area contributed by atoms with E-state index in [1.807, 2.05) is 19.1 Å². The molecule has 0 fully saturated rings. The lowest BCUT2D eigenvalue weighted by Gasteiger charge is -2.06. The first-order valence-electron chi connectivity index (χ1n) is 7.04. The lowest BCUT2D eigenvalue weighted by molar-refractivity contribution is 0.0976. The number of carbonyl (C=O) groups is 1. The second-order valence-electron chi connectivity index (χ2n) is 4.79. The maximum atomic E-state index is 12.0. The van der Waals surface area contributed by atoms with Crippen molar-refractivity contribution in [3.8, 4) is 5.75 Å². The van der Waals surface area contributed by atoms with Crippen LogP contribution >= 0.6 is 0 Å². The fraction of sp³-hybridized carbons (Fsp3) is 0.562. The molecular weight excluding hydrogens is 224 g/mol. The quantitative estimate of drug-likeness (QED) is 0.543. The standard InChI is InChI=1S/C16H24O2/c1-3-5-6-7-8-9-15(17)14-12-13(4-2)10-11-16(14)18/h10-12,18H,3-9H2,1-2H3. The smallest absolute Gasteiger partial charge is 0.166 e. The molecule has 1 N–H and O–H groups in total. The molecule has 0 aliphatic rings. The highest BCUT2D eigenvalue weighted by Gasteiger charge is 2.11. The normalized spacial score (nSPS) is 10.6. The van der Waals surface area contributed by atoms with E-state index in [-0.39, 0.29) is 11.5 Å². The zero-order valence-electron chi connectivity index (χ0n) is 11.5. The molecule has 0 saturated carbocycles. The van der Waals surface area contributed by atoms with E-state index in [1.54, 1.807) is 6.07 Å². The van der Waals surface area contributed by atoms with Gasteiger partial charge in [0, 0.05) is 6.42 Å². The molecule has 100 valence electrons. The molecule has 0 amide bonds. The fourth-order valence-corrected chi connectivity index (χ4v) is 2.05. The van der Waals surface area contributed by atoms with Gasteiger partial charge in [0.05, 0.1) is 5.56 Å². The summed E-state index contributed by atoms with van der Waals surface area (Å²) in [7, 11) is 0. The van der Waals surface area contributed by atoms with Gasteiger partial charge in [0.1, 0.15) is 5.75 Å². The second kappa shape index (κ2) is 7.91. The number of unbranched alkanes of at least 4 members (excludes halogenated alkanes) is 4. The van der Waals surface area contributed by atoms with E-state index in [2.05, 4.69) is 6.92 Å². The van der Waals surface area contributed by atoms with Crippen LogP contribution in [0, 0.1) is 0 Å². The molecule has 2 nitrogen and oxygen atoms in total. The number of aromatic hydroxyl groups is 1. The number of hydrogen-bond donors (Lipinski definition) is 1. The Hall–Kier alpha value is -1.31. The van der Waals surface area contributed by atoms with Gasteiger partial charge < -0.3 is 5.11 Å². The van der Waals surface area contributed by atoms with Gasteiger partial charge in [-0.2, -0.15) is 0 Å². The van der Waals surface area contributed by atoms with E-state index < -0.39 is 0 Å². The van der Waals surface area contributed by atoms with Crippen molar-refractivity contribution in [1.29, 1.82) is 0 Å². The molecule has 0 spiro atoms. The number of phenols is 1. The van der Waals surface area contributed by atoms with E-state index >= 15 is 0 Å². The molecule has 0 heterocycles. The van der Waals surface area contributed by atoms with Gasteiger partial charge in [-0.3, -0.25) is 4.79 Å². The van der Waals surface area contributed by atoms with Crippen molar-refractivity contribution in [2.75, 3.05) is 0 Å². The predicted octanol–water partition coefficient (Wildman–Crippen LogP) is 4.50. The molecule has 2 heteroatoms. The summed E-state index contributed by atoms with van der Waals surface area (Å²) in [6, 6.07) is 5.32. The Morgan fingerprint density at radius 1 is 1.11 bits per heavy atom. The van der Waals surface area contributed by atoms with Crippen molar-refractivity contribution in [2.45, 2.75) is 58.8 Å². The van der Waals surface area contributed by atoms with Crippen LogP contribution in [0.15, 0.2) is 18.2 Å². The summed E-state index contributed by atoms with van der Waals surface area (Å²) >= 11 is 0. The number of hydrogen-bond acceptors (Lipinski definition) is 2. The van der Waals surface area contributed by atoms with E-state index in [0.717, 1.165) is 24.8 Å². The molecule has 0 aliphatic heterocycles. The van der Waals surface area contributed by atoms with Crippen molar-refractivity contribution in [2.24, 2.45) is 0 Å². The van der Waals surface area contributed by atoms with Gasteiger partial charge in [-0.1, -0.05) is 45.6 Å². The molecule has 0 unspecified atom stereocenters. The minimum atomic E-state index is 0.0688. The van der Waals surface area contributed by atoms with Gasteiger partial charge in [0.15, 0.2) is 5.78 Å². The van der Waals surface area contributed by atoms with Crippen LogP contribution in [0.4, 0.5) is 0 Å². The molecular formula is C16H24O2. The maximum Gasteiger partial charge on any atom is 0.166 e. The van der Waals surface area contributed by atoms with Crippen LogP contribution in [-0.4, -0.2) is 10.9 Å². The number of aryl methyl sites for hydroxylation is 1. The molecule has 0 atom stereocenters. The summed E-state index contributed by atoms with van der Waals surface area (Å²) in [5, 5.41) is 9.72. The van der Waals surface area contributed by atoms with Crippen LogP contribution in [0.2, 0.25) is 0 Å². The Morgan fingerprint density at radius 2 is 1.83 bits per heavy atom. The molecule has 0 saturated heterocycles. The van der Waals surface area contributed by atoms with Crippen LogP contribution in [0.25, 0.3) is 0 Å². The van der Waals surface area contributed by atoms with Crippen molar-refractivity contribution in [1.82, 2.24) is 0 Å². The highest BCUT2D eigenvalue weighted by molar-refractivity contribution is 5.98. The van der Waals surface area contributed by atoms with Crippen LogP contribution in [-0.2, 0) is 6.42 Å². The first-order valence-corrected chi connectivity index (χ1v) is 7.04. The van der Waals surface area contributed by atoms with Crippen molar-refractivity contribution in [3.05, 3.63) is 29.3 Å². The van der Waals surface area contributed by atoms with Gasteiger partial charge >= 0.3 is 0 Å². The molecule has 0 radical (unpaired) electrons. The molecule has 1 aromatic rings. The number of carbonyl (C=O) groups excluding carboxylic acids is 1. The summed E-state index contributed by atoms with van der Waals surface area (Å²) in [5.74, 6) is 0.185. The summed E-state index contributed by atoms with van der Waals surface area (Å²) in [6.45, 7) is 4.23. The second-order valence-corrected chi connectivity index (χ2v) is 4.79. The molecule has 0 aromatic heterocycles. The molecule has 1 rings (SSSR count). The van der Waals surface area contributed by atoms with Gasteiger partial charge in [0.25, 0.3) is 0 Å².